The van der Waals surface area contributed by atoms with Crippen molar-refractivity contribution in [2.45, 2.75) is 44.9 Å². The molecular formula is C19H28N2O5. The third-order valence-electron chi connectivity index (χ3n) is 4.59. The van der Waals surface area contributed by atoms with Crippen LogP contribution in [0.25, 0.3) is 0 Å². The van der Waals surface area contributed by atoms with E-state index in [9.17, 15) is 9.59 Å². The Kier molecular flexibility index (Phi) is 8.37. The van der Waals surface area contributed by atoms with E-state index in [2.05, 4.69) is 10.6 Å². The minimum atomic E-state index is -0.736. The van der Waals surface area contributed by atoms with Crippen LogP contribution >= 0.6 is 0 Å². The van der Waals surface area contributed by atoms with Gasteiger partial charge in [-0.05, 0) is 36.8 Å². The molecule has 26 heavy (non-hydrogen) atoms. The van der Waals surface area contributed by atoms with Crippen molar-refractivity contribution in [1.82, 2.24) is 10.6 Å². The lowest BCUT2D eigenvalue weighted by Gasteiger charge is -2.26. The van der Waals surface area contributed by atoms with Crippen molar-refractivity contribution < 1.29 is 24.2 Å². The van der Waals surface area contributed by atoms with E-state index in [1.807, 2.05) is 24.3 Å². The summed E-state index contributed by atoms with van der Waals surface area (Å²) in [4.78, 5) is 22.9. The highest BCUT2D eigenvalue weighted by atomic mass is 16.5. The molecule has 0 unspecified atom stereocenters. The molecule has 0 aromatic heterocycles. The van der Waals surface area contributed by atoms with E-state index >= 15 is 0 Å². The Balaban J connectivity index is 1.65. The molecule has 1 fully saturated rings. The zero-order chi connectivity index (χ0) is 18.8. The zero-order valence-electron chi connectivity index (χ0n) is 15.2. The Hall–Kier alpha value is -2.12. The van der Waals surface area contributed by atoms with E-state index in [0.29, 0.717) is 52.0 Å². The quantitative estimate of drug-likeness (QED) is 0.584. The van der Waals surface area contributed by atoms with E-state index in [1.165, 1.54) is 0 Å². The second-order valence-electron chi connectivity index (χ2n) is 6.58. The Morgan fingerprint density at radius 2 is 1.73 bits per heavy atom. The van der Waals surface area contributed by atoms with Gasteiger partial charge in [-0.25, -0.2) is 4.79 Å². The molecule has 7 heteroatoms. The molecule has 0 radical (unpaired) electrons. The number of carbonyl (C=O) groups excluding carboxylic acids is 1. The van der Waals surface area contributed by atoms with Crippen LogP contribution in [0.3, 0.4) is 0 Å². The molecule has 0 spiro atoms. The number of methoxy groups -OCH3 is 1. The number of urea groups is 1. The molecule has 1 aromatic rings. The molecule has 3 N–H and O–H groups in total. The van der Waals surface area contributed by atoms with Gasteiger partial charge in [-0.3, -0.25) is 4.79 Å². The van der Waals surface area contributed by atoms with Crippen molar-refractivity contribution in [1.29, 1.82) is 0 Å². The van der Waals surface area contributed by atoms with Crippen molar-refractivity contribution in [3.05, 3.63) is 35.4 Å². The first-order chi connectivity index (χ1) is 12.6. The first-order valence-corrected chi connectivity index (χ1v) is 9.00. The van der Waals surface area contributed by atoms with Gasteiger partial charge in [-0.1, -0.05) is 24.3 Å². The van der Waals surface area contributed by atoms with Crippen LogP contribution in [0.5, 0.6) is 0 Å². The molecule has 0 bridgehead atoms. The van der Waals surface area contributed by atoms with E-state index in [-0.39, 0.29) is 18.0 Å². The van der Waals surface area contributed by atoms with Gasteiger partial charge in [-0.2, -0.15) is 0 Å². The molecule has 0 atom stereocenters. The maximum atomic E-state index is 12.0. The predicted molar refractivity (Wildman–Crippen MR) is 96.7 cm³/mol. The van der Waals surface area contributed by atoms with Gasteiger partial charge >= 0.3 is 12.0 Å². The number of rotatable bonds is 9. The largest absolute Gasteiger partial charge is 0.481 e. The van der Waals surface area contributed by atoms with Gasteiger partial charge in [-0.15, -0.1) is 0 Å². The van der Waals surface area contributed by atoms with Crippen LogP contribution in [0.15, 0.2) is 24.3 Å². The molecule has 2 rings (SSSR count). The summed E-state index contributed by atoms with van der Waals surface area (Å²) in [5.74, 6) is -1.01. The summed E-state index contributed by atoms with van der Waals surface area (Å²) < 4.78 is 10.4. The van der Waals surface area contributed by atoms with Crippen molar-refractivity contribution in [2.24, 2.45) is 5.92 Å². The molecule has 2 amide bonds. The third kappa shape index (κ3) is 7.01. The topological polar surface area (TPSA) is 96.9 Å². The maximum absolute atomic E-state index is 12.0. The molecule has 1 aromatic carbocycles. The fourth-order valence-corrected chi connectivity index (χ4v) is 2.99. The first-order valence-electron chi connectivity index (χ1n) is 9.00. The number of nitrogens with one attached hydrogen (secondary N) is 2. The highest BCUT2D eigenvalue weighted by molar-refractivity contribution is 5.74. The van der Waals surface area contributed by atoms with Gasteiger partial charge in [0, 0.05) is 19.7 Å². The lowest BCUT2D eigenvalue weighted by molar-refractivity contribution is -0.142. The van der Waals surface area contributed by atoms with Crippen LogP contribution in [0.2, 0.25) is 0 Å². The number of aliphatic carboxylic acids is 1. The Morgan fingerprint density at radius 3 is 2.35 bits per heavy atom. The lowest BCUT2D eigenvalue weighted by Crippen LogP contribution is -2.43. The van der Waals surface area contributed by atoms with Crippen LogP contribution in [0.1, 0.15) is 36.8 Å². The van der Waals surface area contributed by atoms with Crippen molar-refractivity contribution in [3.63, 3.8) is 0 Å². The van der Waals surface area contributed by atoms with Gasteiger partial charge < -0.3 is 25.2 Å². The standard InChI is InChI=1S/C19H28N2O5/c1-25-10-11-26-13-15-4-2-14(3-5-15)12-20-19(24)21-17-8-6-16(7-9-17)18(22)23/h2-5,16-17H,6-13H2,1H3,(H,22,23)(H2,20,21,24). The average Bonchev–Trinajstić information content (AvgIpc) is 2.65. The summed E-state index contributed by atoms with van der Waals surface area (Å²) in [5, 5.41) is 14.8. The number of benzene rings is 1. The van der Waals surface area contributed by atoms with E-state index in [4.69, 9.17) is 14.6 Å². The third-order valence-corrected chi connectivity index (χ3v) is 4.59. The number of carboxylic acid groups (broad SMARTS) is 1. The number of carbonyl (C=O) groups is 2. The average molecular weight is 364 g/mol. The maximum Gasteiger partial charge on any atom is 0.315 e. The number of hydrogen-bond donors (Lipinski definition) is 3. The highest BCUT2D eigenvalue weighted by Gasteiger charge is 2.26. The summed E-state index contributed by atoms with van der Waals surface area (Å²) in [7, 11) is 1.64. The van der Waals surface area contributed by atoms with Gasteiger partial charge in [0.2, 0.25) is 0 Å². The molecule has 1 saturated carbocycles. The van der Waals surface area contributed by atoms with E-state index < -0.39 is 5.97 Å². The lowest BCUT2D eigenvalue weighted by atomic mass is 9.86. The number of ether oxygens (including phenoxy) is 2. The second-order valence-corrected chi connectivity index (χ2v) is 6.58. The minimum absolute atomic E-state index is 0.0530. The molecule has 0 saturated heterocycles. The molecule has 1 aliphatic carbocycles. The van der Waals surface area contributed by atoms with E-state index in [0.717, 1.165) is 11.1 Å². The fourth-order valence-electron chi connectivity index (χ4n) is 2.99. The fraction of sp³-hybridized carbons (Fsp3) is 0.579. The van der Waals surface area contributed by atoms with Crippen molar-refractivity contribution in [2.75, 3.05) is 20.3 Å². The Labute approximate surface area is 154 Å². The van der Waals surface area contributed by atoms with Crippen LogP contribution in [0.4, 0.5) is 4.79 Å². The van der Waals surface area contributed by atoms with Gasteiger partial charge in [0.25, 0.3) is 0 Å². The monoisotopic (exact) mass is 364 g/mol. The SMILES string of the molecule is COCCOCc1ccc(CNC(=O)NC2CCC(C(=O)O)CC2)cc1. The first kappa shape index (κ1) is 20.2. The minimum Gasteiger partial charge on any atom is -0.481 e. The molecular weight excluding hydrogens is 336 g/mol. The molecule has 144 valence electrons. The van der Waals surface area contributed by atoms with Crippen LogP contribution in [-0.4, -0.2) is 43.5 Å². The number of carboxylic acids is 1. The number of hydrogen-bond acceptors (Lipinski definition) is 4. The molecule has 0 aliphatic heterocycles. The summed E-state index contributed by atoms with van der Waals surface area (Å²) >= 11 is 0. The summed E-state index contributed by atoms with van der Waals surface area (Å²) in [6.07, 6.45) is 2.66. The molecule has 7 nitrogen and oxygen atoms in total. The molecule has 0 heterocycles. The second kappa shape index (κ2) is 10.8. The Morgan fingerprint density at radius 1 is 1.08 bits per heavy atom. The predicted octanol–water partition coefficient (Wildman–Crippen LogP) is 2.29. The smallest absolute Gasteiger partial charge is 0.315 e. The van der Waals surface area contributed by atoms with Gasteiger partial charge in [0.15, 0.2) is 0 Å². The van der Waals surface area contributed by atoms with Crippen LogP contribution in [-0.2, 0) is 27.4 Å². The number of amides is 2. The highest BCUT2D eigenvalue weighted by Crippen LogP contribution is 2.24. The van der Waals surface area contributed by atoms with Crippen molar-refractivity contribution in [3.8, 4) is 0 Å². The summed E-state index contributed by atoms with van der Waals surface area (Å²) in [5.41, 5.74) is 2.08. The van der Waals surface area contributed by atoms with Crippen molar-refractivity contribution >= 4 is 12.0 Å². The van der Waals surface area contributed by atoms with Crippen LogP contribution in [0, 0.1) is 5.92 Å². The van der Waals surface area contributed by atoms with Gasteiger partial charge in [0.05, 0.1) is 25.7 Å². The Bertz CT molecular complexity index is 568. The summed E-state index contributed by atoms with van der Waals surface area (Å²) in [6.45, 7) is 2.13. The normalized spacial score (nSPS) is 19.7. The van der Waals surface area contributed by atoms with E-state index in [1.54, 1.807) is 7.11 Å². The summed E-state index contributed by atoms with van der Waals surface area (Å²) in [6, 6.07) is 7.73. The van der Waals surface area contributed by atoms with Gasteiger partial charge in [0.1, 0.15) is 0 Å². The zero-order valence-corrected chi connectivity index (χ0v) is 15.2. The van der Waals surface area contributed by atoms with Crippen LogP contribution < -0.4 is 10.6 Å². The molecule has 1 aliphatic rings.